The number of hydrogen-bond acceptors (Lipinski definition) is 4. The van der Waals surface area contributed by atoms with Gasteiger partial charge in [-0.2, -0.15) is 0 Å². The van der Waals surface area contributed by atoms with Crippen LogP contribution < -0.4 is 0 Å². The Labute approximate surface area is 155 Å². The third-order valence-electron chi connectivity index (χ3n) is 5.40. The van der Waals surface area contributed by atoms with Crippen LogP contribution in [0.1, 0.15) is 60.8 Å². The molecule has 1 aromatic heterocycles. The number of rotatable bonds is 6. The number of aliphatic hydroxyl groups excluding tert-OH is 1. The van der Waals surface area contributed by atoms with Crippen molar-refractivity contribution in [3.63, 3.8) is 0 Å². The Hall–Kier alpha value is -2.14. The van der Waals surface area contributed by atoms with Gasteiger partial charge in [-0.25, -0.2) is 0 Å². The van der Waals surface area contributed by atoms with Crippen LogP contribution in [-0.2, 0) is 6.42 Å². The highest BCUT2D eigenvalue weighted by Gasteiger charge is 2.37. The molecule has 140 valence electrons. The standard InChI is InChI=1S/C21H28N2O3/c1-16(2)18-13-19(26-22-18)20(25)23-12-6-10-21(14-23,15-24)11-9-17-7-4-3-5-8-17/h3-5,7-8,13,16,24H,6,9-12,14-15H2,1-2H3/t21-/m0/s1. The Morgan fingerprint density at radius 3 is 2.77 bits per heavy atom. The predicted octanol–water partition coefficient (Wildman–Crippen LogP) is 3.65. The van der Waals surface area contributed by atoms with Gasteiger partial charge in [0.25, 0.3) is 5.91 Å². The predicted molar refractivity (Wildman–Crippen MR) is 100 cm³/mol. The quantitative estimate of drug-likeness (QED) is 0.858. The molecule has 1 atom stereocenters. The van der Waals surface area contributed by atoms with E-state index in [1.54, 1.807) is 6.07 Å². The molecule has 1 N–H and O–H groups in total. The summed E-state index contributed by atoms with van der Waals surface area (Å²) in [7, 11) is 0. The third kappa shape index (κ3) is 4.15. The topological polar surface area (TPSA) is 66.6 Å². The maximum Gasteiger partial charge on any atom is 0.292 e. The molecule has 0 spiro atoms. The highest BCUT2D eigenvalue weighted by molar-refractivity contribution is 5.91. The fourth-order valence-electron chi connectivity index (χ4n) is 3.67. The number of carbonyl (C=O) groups is 1. The number of hydrogen-bond donors (Lipinski definition) is 1. The monoisotopic (exact) mass is 356 g/mol. The van der Waals surface area contributed by atoms with Crippen LogP contribution in [0.4, 0.5) is 0 Å². The van der Waals surface area contributed by atoms with Crippen LogP contribution in [0.3, 0.4) is 0 Å². The minimum atomic E-state index is -0.245. The number of nitrogens with zero attached hydrogens (tertiary/aromatic N) is 2. The molecule has 3 rings (SSSR count). The van der Waals surface area contributed by atoms with Crippen molar-refractivity contribution in [1.29, 1.82) is 0 Å². The van der Waals surface area contributed by atoms with E-state index < -0.39 is 0 Å². The Morgan fingerprint density at radius 1 is 1.35 bits per heavy atom. The molecule has 0 unspecified atom stereocenters. The van der Waals surface area contributed by atoms with Crippen LogP contribution in [0.2, 0.25) is 0 Å². The normalized spacial score (nSPS) is 20.5. The van der Waals surface area contributed by atoms with Crippen LogP contribution >= 0.6 is 0 Å². The summed E-state index contributed by atoms with van der Waals surface area (Å²) in [6, 6.07) is 12.0. The zero-order valence-corrected chi connectivity index (χ0v) is 15.6. The molecule has 0 saturated carbocycles. The Bertz CT molecular complexity index is 726. The van der Waals surface area contributed by atoms with Gasteiger partial charge in [0.1, 0.15) is 0 Å². The van der Waals surface area contributed by atoms with E-state index >= 15 is 0 Å². The molecular weight excluding hydrogens is 328 g/mol. The van der Waals surface area contributed by atoms with Crippen molar-refractivity contribution in [2.75, 3.05) is 19.7 Å². The summed E-state index contributed by atoms with van der Waals surface area (Å²) in [6.45, 7) is 5.40. The summed E-state index contributed by atoms with van der Waals surface area (Å²) < 4.78 is 5.27. The molecule has 0 radical (unpaired) electrons. The molecule has 5 nitrogen and oxygen atoms in total. The second-order valence-electron chi connectivity index (χ2n) is 7.74. The molecule has 1 amide bonds. The first-order chi connectivity index (χ1) is 12.5. The van der Waals surface area contributed by atoms with Crippen molar-refractivity contribution in [3.8, 4) is 0 Å². The van der Waals surface area contributed by atoms with Gasteiger partial charge in [-0.15, -0.1) is 0 Å². The molecule has 1 fully saturated rings. The lowest BCUT2D eigenvalue weighted by Crippen LogP contribution is -2.48. The van der Waals surface area contributed by atoms with E-state index in [-0.39, 0.29) is 23.8 Å². The van der Waals surface area contributed by atoms with Gasteiger partial charge in [0, 0.05) is 24.6 Å². The summed E-state index contributed by atoms with van der Waals surface area (Å²) in [5.74, 6) is 0.399. The number of aromatic nitrogens is 1. The Balaban J connectivity index is 1.68. The fourth-order valence-corrected chi connectivity index (χ4v) is 3.67. The van der Waals surface area contributed by atoms with Crippen LogP contribution in [0.15, 0.2) is 40.9 Å². The van der Waals surface area contributed by atoms with Crippen molar-refractivity contribution in [3.05, 3.63) is 53.4 Å². The van der Waals surface area contributed by atoms with Gasteiger partial charge >= 0.3 is 0 Å². The summed E-state index contributed by atoms with van der Waals surface area (Å²) in [5.41, 5.74) is 1.81. The molecule has 26 heavy (non-hydrogen) atoms. The molecule has 5 heteroatoms. The highest BCUT2D eigenvalue weighted by Crippen LogP contribution is 2.35. The van der Waals surface area contributed by atoms with Crippen LogP contribution in [0.5, 0.6) is 0 Å². The smallest absolute Gasteiger partial charge is 0.292 e. The van der Waals surface area contributed by atoms with E-state index in [2.05, 4.69) is 17.3 Å². The molecular formula is C21H28N2O3. The SMILES string of the molecule is CC(C)c1cc(C(=O)N2CCC[C@](CO)(CCc3ccccc3)C2)on1. The van der Waals surface area contributed by atoms with Gasteiger partial charge in [0.2, 0.25) is 5.76 Å². The second kappa shape index (κ2) is 8.04. The van der Waals surface area contributed by atoms with E-state index in [1.165, 1.54) is 5.56 Å². The lowest BCUT2D eigenvalue weighted by molar-refractivity contribution is 0.0205. The van der Waals surface area contributed by atoms with Crippen molar-refractivity contribution in [2.45, 2.75) is 45.4 Å². The largest absolute Gasteiger partial charge is 0.396 e. The zero-order chi connectivity index (χ0) is 18.6. The van der Waals surface area contributed by atoms with Gasteiger partial charge in [0.15, 0.2) is 0 Å². The molecule has 2 heterocycles. The fraction of sp³-hybridized carbons (Fsp3) is 0.524. The molecule has 1 aromatic carbocycles. The average molecular weight is 356 g/mol. The van der Waals surface area contributed by atoms with Gasteiger partial charge in [-0.3, -0.25) is 4.79 Å². The van der Waals surface area contributed by atoms with Crippen molar-refractivity contribution in [1.82, 2.24) is 10.1 Å². The molecule has 2 aromatic rings. The summed E-state index contributed by atoms with van der Waals surface area (Å²) in [4.78, 5) is 14.6. The Morgan fingerprint density at radius 2 is 2.12 bits per heavy atom. The maximum absolute atomic E-state index is 12.8. The number of piperidine rings is 1. The maximum atomic E-state index is 12.8. The molecule has 0 bridgehead atoms. The van der Waals surface area contributed by atoms with Crippen molar-refractivity contribution in [2.24, 2.45) is 5.41 Å². The summed E-state index contributed by atoms with van der Waals surface area (Å²) in [6.07, 6.45) is 3.61. The van der Waals surface area contributed by atoms with Crippen LogP contribution in [0.25, 0.3) is 0 Å². The molecule has 0 aliphatic carbocycles. The molecule has 1 aliphatic heterocycles. The van der Waals surface area contributed by atoms with Crippen LogP contribution in [0, 0.1) is 5.41 Å². The number of aliphatic hydroxyl groups is 1. The van der Waals surface area contributed by atoms with Gasteiger partial charge in [-0.05, 0) is 37.2 Å². The van der Waals surface area contributed by atoms with E-state index in [9.17, 15) is 9.90 Å². The highest BCUT2D eigenvalue weighted by atomic mass is 16.5. The third-order valence-corrected chi connectivity index (χ3v) is 5.40. The minimum absolute atomic E-state index is 0.0945. The molecule has 1 saturated heterocycles. The lowest BCUT2D eigenvalue weighted by atomic mass is 9.76. The first-order valence-corrected chi connectivity index (χ1v) is 9.44. The van der Waals surface area contributed by atoms with Gasteiger partial charge in [0.05, 0.1) is 12.3 Å². The minimum Gasteiger partial charge on any atom is -0.396 e. The summed E-state index contributed by atoms with van der Waals surface area (Å²) in [5, 5.41) is 14.1. The van der Waals surface area contributed by atoms with Crippen molar-refractivity contribution < 1.29 is 14.4 Å². The van der Waals surface area contributed by atoms with Gasteiger partial charge < -0.3 is 14.5 Å². The second-order valence-corrected chi connectivity index (χ2v) is 7.74. The number of aryl methyl sites for hydroxylation is 1. The number of carbonyl (C=O) groups excluding carboxylic acids is 1. The first-order valence-electron chi connectivity index (χ1n) is 9.44. The molecule has 1 aliphatic rings. The van der Waals surface area contributed by atoms with Crippen molar-refractivity contribution >= 4 is 5.91 Å². The number of likely N-dealkylation sites (tertiary alicyclic amines) is 1. The summed E-state index contributed by atoms with van der Waals surface area (Å²) >= 11 is 0. The average Bonchev–Trinajstić information content (AvgIpc) is 3.17. The van der Waals surface area contributed by atoms with E-state index in [0.717, 1.165) is 31.4 Å². The van der Waals surface area contributed by atoms with Crippen LogP contribution in [-0.4, -0.2) is 40.8 Å². The van der Waals surface area contributed by atoms with E-state index in [1.807, 2.05) is 36.9 Å². The first kappa shape index (κ1) is 18.6. The van der Waals surface area contributed by atoms with E-state index in [4.69, 9.17) is 4.52 Å². The Kier molecular flexibility index (Phi) is 5.77. The van der Waals surface area contributed by atoms with E-state index in [0.29, 0.717) is 18.8 Å². The lowest BCUT2D eigenvalue weighted by Gasteiger charge is -2.41. The number of amides is 1. The van der Waals surface area contributed by atoms with Gasteiger partial charge in [-0.1, -0.05) is 49.3 Å². The number of benzene rings is 1. The zero-order valence-electron chi connectivity index (χ0n) is 15.6.